The molecule has 0 saturated carbocycles. The smallest absolute Gasteiger partial charge is 0.159 e. The van der Waals surface area contributed by atoms with Crippen LogP contribution in [0.25, 0.3) is 0 Å². The zero-order chi connectivity index (χ0) is 19.5. The second-order valence-corrected chi connectivity index (χ2v) is 7.21. The summed E-state index contributed by atoms with van der Waals surface area (Å²) in [6, 6.07) is 16.2. The maximum absolute atomic E-state index is 6.42. The highest BCUT2D eigenvalue weighted by Crippen LogP contribution is 2.32. The van der Waals surface area contributed by atoms with Crippen molar-refractivity contribution in [3.05, 3.63) is 65.4 Å². The molecule has 2 aromatic carbocycles. The van der Waals surface area contributed by atoms with Gasteiger partial charge in [0.25, 0.3) is 0 Å². The zero-order valence-corrected chi connectivity index (χ0v) is 16.5. The van der Waals surface area contributed by atoms with E-state index in [1.165, 1.54) is 5.69 Å². The number of para-hydroxylation sites is 1. The van der Waals surface area contributed by atoms with Crippen molar-refractivity contribution in [2.75, 3.05) is 47.0 Å². The monoisotopic (exact) mass is 394 g/mol. The number of hydrogen-bond acceptors (Lipinski definition) is 6. The van der Waals surface area contributed by atoms with E-state index in [1.54, 1.807) is 6.33 Å². The van der Waals surface area contributed by atoms with Crippen molar-refractivity contribution in [3.63, 3.8) is 0 Å². The summed E-state index contributed by atoms with van der Waals surface area (Å²) in [6.45, 7) is 5.51. The van der Waals surface area contributed by atoms with E-state index < -0.39 is 0 Å². The lowest BCUT2D eigenvalue weighted by molar-refractivity contribution is 0.647. The number of nitrogen functional groups attached to an aromatic ring is 1. The summed E-state index contributed by atoms with van der Waals surface area (Å²) >= 11 is 6.22. The van der Waals surface area contributed by atoms with E-state index in [0.29, 0.717) is 16.5 Å². The number of nitrogens with two attached hydrogens (primary N) is 1. The molecule has 4 rings (SSSR count). The Labute approximate surface area is 170 Å². The molecule has 1 aliphatic heterocycles. The molecule has 1 saturated heterocycles. The van der Waals surface area contributed by atoms with Crippen molar-refractivity contribution in [3.8, 4) is 0 Å². The predicted molar refractivity (Wildman–Crippen MR) is 117 cm³/mol. The van der Waals surface area contributed by atoms with Gasteiger partial charge in [-0.05, 0) is 36.8 Å². The van der Waals surface area contributed by atoms with Gasteiger partial charge in [-0.2, -0.15) is 0 Å². The lowest BCUT2D eigenvalue weighted by atomic mass is 10.2. The molecule has 0 spiro atoms. The van der Waals surface area contributed by atoms with E-state index in [9.17, 15) is 0 Å². The summed E-state index contributed by atoms with van der Waals surface area (Å²) in [6.07, 6.45) is 1.55. The van der Waals surface area contributed by atoms with Crippen LogP contribution in [-0.4, -0.2) is 36.1 Å². The number of nitrogens with zero attached hydrogens (tertiary/aromatic N) is 4. The minimum atomic E-state index is 0.551. The Morgan fingerprint density at radius 3 is 2.39 bits per heavy atom. The van der Waals surface area contributed by atoms with Crippen molar-refractivity contribution in [1.29, 1.82) is 0 Å². The van der Waals surface area contributed by atoms with Crippen LogP contribution in [0.15, 0.2) is 54.9 Å². The first-order chi connectivity index (χ1) is 13.6. The lowest BCUT2D eigenvalue weighted by Gasteiger charge is -2.37. The van der Waals surface area contributed by atoms with E-state index >= 15 is 0 Å². The Morgan fingerprint density at radius 1 is 0.929 bits per heavy atom. The molecule has 2 heterocycles. The molecule has 0 amide bonds. The molecule has 1 aromatic heterocycles. The summed E-state index contributed by atoms with van der Waals surface area (Å²) in [4.78, 5) is 13.4. The molecule has 0 radical (unpaired) electrons. The van der Waals surface area contributed by atoms with Crippen molar-refractivity contribution in [1.82, 2.24) is 9.97 Å². The number of halogens is 1. The van der Waals surface area contributed by atoms with Crippen LogP contribution in [0.5, 0.6) is 0 Å². The quantitative estimate of drug-likeness (QED) is 0.694. The number of hydrogen-bond donors (Lipinski definition) is 2. The number of nitrogens with one attached hydrogen (secondary N) is 1. The lowest BCUT2D eigenvalue weighted by Crippen LogP contribution is -2.47. The molecular weight excluding hydrogens is 372 g/mol. The van der Waals surface area contributed by atoms with Gasteiger partial charge in [-0.25, -0.2) is 9.97 Å². The minimum absolute atomic E-state index is 0.551. The molecule has 0 bridgehead atoms. The van der Waals surface area contributed by atoms with Crippen LogP contribution in [0.1, 0.15) is 5.56 Å². The molecule has 3 aromatic rings. The molecule has 0 atom stereocenters. The van der Waals surface area contributed by atoms with E-state index in [-0.39, 0.29) is 0 Å². The van der Waals surface area contributed by atoms with Crippen molar-refractivity contribution < 1.29 is 0 Å². The molecular formula is C21H23ClN6. The minimum Gasteiger partial charge on any atom is -0.393 e. The Hall–Kier alpha value is -2.99. The van der Waals surface area contributed by atoms with Gasteiger partial charge in [0.2, 0.25) is 0 Å². The van der Waals surface area contributed by atoms with Crippen LogP contribution < -0.4 is 20.9 Å². The maximum Gasteiger partial charge on any atom is 0.159 e. The summed E-state index contributed by atoms with van der Waals surface area (Å²) in [7, 11) is 0. The standard InChI is InChI=1S/C21H23ClN6/c1-15-17(22)8-5-9-18(15)26-20-19(23)21(25-14-24-20)28-12-10-27(11-13-28)16-6-3-2-4-7-16/h2-9,14H,10-13,23H2,1H3,(H,24,25,26). The average Bonchev–Trinajstić information content (AvgIpc) is 2.74. The van der Waals surface area contributed by atoms with Gasteiger partial charge in [0.15, 0.2) is 11.6 Å². The summed E-state index contributed by atoms with van der Waals surface area (Å²) in [5, 5.41) is 4.00. The first kappa shape index (κ1) is 18.4. The van der Waals surface area contributed by atoms with Crippen LogP contribution in [0.4, 0.5) is 28.7 Å². The molecule has 144 valence electrons. The van der Waals surface area contributed by atoms with Crippen molar-refractivity contribution in [2.45, 2.75) is 6.92 Å². The topological polar surface area (TPSA) is 70.3 Å². The maximum atomic E-state index is 6.42. The summed E-state index contributed by atoms with van der Waals surface area (Å²) in [5.41, 5.74) is 10.1. The van der Waals surface area contributed by atoms with Crippen LogP contribution >= 0.6 is 11.6 Å². The Bertz CT molecular complexity index is 954. The second-order valence-electron chi connectivity index (χ2n) is 6.81. The van der Waals surface area contributed by atoms with E-state index in [1.807, 2.05) is 31.2 Å². The normalized spacial score (nSPS) is 14.2. The molecule has 0 aliphatic carbocycles. The first-order valence-electron chi connectivity index (χ1n) is 9.31. The molecule has 3 N–H and O–H groups in total. The Kier molecular flexibility index (Phi) is 5.21. The fraction of sp³-hybridized carbons (Fsp3) is 0.238. The Morgan fingerprint density at radius 2 is 1.64 bits per heavy atom. The fourth-order valence-electron chi connectivity index (χ4n) is 3.42. The molecule has 7 heteroatoms. The van der Waals surface area contributed by atoms with Crippen LogP contribution in [0.3, 0.4) is 0 Å². The van der Waals surface area contributed by atoms with Crippen LogP contribution in [-0.2, 0) is 0 Å². The van der Waals surface area contributed by atoms with E-state index in [4.69, 9.17) is 17.3 Å². The number of aromatic nitrogens is 2. The molecule has 28 heavy (non-hydrogen) atoms. The third-order valence-corrected chi connectivity index (χ3v) is 5.49. The molecule has 1 fully saturated rings. The second kappa shape index (κ2) is 7.94. The predicted octanol–water partition coefficient (Wildman–Crippen LogP) is 4.09. The number of rotatable bonds is 4. The summed E-state index contributed by atoms with van der Waals surface area (Å²) < 4.78 is 0. The molecule has 1 aliphatic rings. The van der Waals surface area contributed by atoms with E-state index in [2.05, 4.69) is 49.4 Å². The molecule has 6 nitrogen and oxygen atoms in total. The van der Waals surface area contributed by atoms with Crippen molar-refractivity contribution in [2.24, 2.45) is 0 Å². The van der Waals surface area contributed by atoms with E-state index in [0.717, 1.165) is 43.2 Å². The van der Waals surface area contributed by atoms with Crippen molar-refractivity contribution >= 4 is 40.3 Å². The van der Waals surface area contributed by atoms with Gasteiger partial charge in [0.05, 0.1) is 0 Å². The third kappa shape index (κ3) is 3.68. The average molecular weight is 395 g/mol. The van der Waals surface area contributed by atoms with Gasteiger partial charge in [-0.1, -0.05) is 35.9 Å². The van der Waals surface area contributed by atoms with Gasteiger partial charge in [0, 0.05) is 42.6 Å². The number of piperazine rings is 1. The number of anilines is 5. The highest BCUT2D eigenvalue weighted by Gasteiger charge is 2.21. The van der Waals surface area contributed by atoms with Crippen LogP contribution in [0.2, 0.25) is 5.02 Å². The Balaban J connectivity index is 1.50. The van der Waals surface area contributed by atoms with Gasteiger partial charge in [0.1, 0.15) is 12.0 Å². The SMILES string of the molecule is Cc1c(Cl)cccc1Nc1ncnc(N2CCN(c3ccccc3)CC2)c1N. The third-order valence-electron chi connectivity index (χ3n) is 5.08. The van der Waals surface area contributed by atoms with Gasteiger partial charge >= 0.3 is 0 Å². The van der Waals surface area contributed by atoms with Gasteiger partial charge < -0.3 is 20.9 Å². The summed E-state index contributed by atoms with van der Waals surface area (Å²) in [5.74, 6) is 1.37. The van der Waals surface area contributed by atoms with Crippen LogP contribution in [0, 0.1) is 6.92 Å². The fourth-order valence-corrected chi connectivity index (χ4v) is 3.60. The molecule has 0 unspecified atom stereocenters. The zero-order valence-electron chi connectivity index (χ0n) is 15.8. The highest BCUT2D eigenvalue weighted by molar-refractivity contribution is 6.31. The highest BCUT2D eigenvalue weighted by atomic mass is 35.5. The van der Waals surface area contributed by atoms with Gasteiger partial charge in [-0.15, -0.1) is 0 Å². The van der Waals surface area contributed by atoms with Gasteiger partial charge in [-0.3, -0.25) is 0 Å². The largest absolute Gasteiger partial charge is 0.393 e. The first-order valence-corrected chi connectivity index (χ1v) is 9.69. The number of benzene rings is 2.